The number of hydrogen-bond donors (Lipinski definition) is 1. The van der Waals surface area contributed by atoms with Crippen LogP contribution < -0.4 is 5.32 Å². The van der Waals surface area contributed by atoms with Crippen LogP contribution in [0.4, 0.5) is 0 Å². The Labute approximate surface area is 220 Å². The molecule has 1 aliphatic heterocycles. The Balaban J connectivity index is 1.19. The highest BCUT2D eigenvalue weighted by Crippen LogP contribution is 2.28. The summed E-state index contributed by atoms with van der Waals surface area (Å²) in [6.45, 7) is 5.18. The van der Waals surface area contributed by atoms with Crippen molar-refractivity contribution >= 4 is 34.1 Å². The van der Waals surface area contributed by atoms with Crippen LogP contribution in [0, 0.1) is 12.8 Å². The number of fused-ring (bicyclic) bond motifs is 1. The number of carbonyl (C=O) groups is 2. The highest BCUT2D eigenvalue weighted by atomic mass is 32.1. The van der Waals surface area contributed by atoms with Gasteiger partial charge in [0.25, 0.3) is 11.8 Å². The minimum absolute atomic E-state index is 0.0647. The Morgan fingerprint density at radius 2 is 1.92 bits per heavy atom. The van der Waals surface area contributed by atoms with Crippen molar-refractivity contribution in [2.24, 2.45) is 5.92 Å². The van der Waals surface area contributed by atoms with Gasteiger partial charge < -0.3 is 15.0 Å². The number of rotatable bonds is 8. The predicted molar refractivity (Wildman–Crippen MR) is 145 cm³/mol. The van der Waals surface area contributed by atoms with E-state index in [9.17, 15) is 9.59 Å². The predicted octanol–water partition coefficient (Wildman–Crippen LogP) is 4.40. The third-order valence-corrected chi connectivity index (χ3v) is 7.96. The smallest absolute Gasteiger partial charge is 0.265 e. The van der Waals surface area contributed by atoms with Crippen LogP contribution in [0.3, 0.4) is 0 Å². The zero-order valence-electron chi connectivity index (χ0n) is 21.1. The molecule has 1 N–H and O–H groups in total. The van der Waals surface area contributed by atoms with Crippen molar-refractivity contribution in [1.82, 2.24) is 25.0 Å². The molecule has 0 atom stereocenters. The van der Waals surface area contributed by atoms with E-state index >= 15 is 0 Å². The molecule has 0 bridgehead atoms. The van der Waals surface area contributed by atoms with Gasteiger partial charge >= 0.3 is 0 Å². The number of ether oxygens (including phenoxy) is 1. The average Bonchev–Trinajstić information content (AvgIpc) is 3.58. The zero-order valence-corrected chi connectivity index (χ0v) is 22.0. The van der Waals surface area contributed by atoms with Crippen molar-refractivity contribution in [3.8, 4) is 10.6 Å². The van der Waals surface area contributed by atoms with Crippen molar-refractivity contribution in [2.75, 3.05) is 33.4 Å². The largest absolute Gasteiger partial charge is 0.383 e. The molecule has 1 saturated heterocycles. The zero-order chi connectivity index (χ0) is 25.8. The highest BCUT2D eigenvalue weighted by molar-refractivity contribution is 7.16. The van der Waals surface area contributed by atoms with Crippen LogP contribution >= 0.6 is 11.3 Å². The molecule has 5 rings (SSSR count). The highest BCUT2D eigenvalue weighted by Gasteiger charge is 2.26. The van der Waals surface area contributed by atoms with Crippen molar-refractivity contribution in [3.05, 3.63) is 70.9 Å². The van der Waals surface area contributed by atoms with Crippen LogP contribution in [0.5, 0.6) is 0 Å². The molecule has 0 saturated carbocycles. The lowest BCUT2D eigenvalue weighted by Crippen LogP contribution is -2.39. The van der Waals surface area contributed by atoms with Crippen LogP contribution in [-0.2, 0) is 11.3 Å². The second-order valence-electron chi connectivity index (χ2n) is 9.40. The molecule has 37 heavy (non-hydrogen) atoms. The van der Waals surface area contributed by atoms with E-state index in [4.69, 9.17) is 9.84 Å². The molecule has 3 heterocycles. The molecule has 0 spiro atoms. The van der Waals surface area contributed by atoms with Crippen LogP contribution in [0.25, 0.3) is 21.5 Å². The lowest BCUT2D eigenvalue weighted by Gasteiger charge is -2.31. The average molecular weight is 518 g/mol. The molecule has 1 fully saturated rings. The van der Waals surface area contributed by atoms with Crippen molar-refractivity contribution < 1.29 is 14.3 Å². The van der Waals surface area contributed by atoms with Crippen LogP contribution in [-0.4, -0.2) is 64.8 Å². The van der Waals surface area contributed by atoms with Gasteiger partial charge in [-0.05, 0) is 43.4 Å². The molecule has 2 aromatic heterocycles. The number of methoxy groups -OCH3 is 1. The number of piperidine rings is 1. The molecule has 9 heteroatoms. The fourth-order valence-electron chi connectivity index (χ4n) is 4.81. The van der Waals surface area contributed by atoms with E-state index in [0.717, 1.165) is 59.5 Å². The van der Waals surface area contributed by atoms with E-state index in [1.165, 1.54) is 11.3 Å². The number of amides is 2. The summed E-state index contributed by atoms with van der Waals surface area (Å²) in [6, 6.07) is 13.7. The lowest BCUT2D eigenvalue weighted by molar-refractivity contribution is 0.0686. The van der Waals surface area contributed by atoms with E-state index in [-0.39, 0.29) is 11.8 Å². The van der Waals surface area contributed by atoms with Gasteiger partial charge in [-0.1, -0.05) is 30.3 Å². The van der Waals surface area contributed by atoms with E-state index in [1.54, 1.807) is 13.3 Å². The Kier molecular flexibility index (Phi) is 7.62. The summed E-state index contributed by atoms with van der Waals surface area (Å²) >= 11 is 1.45. The van der Waals surface area contributed by atoms with Gasteiger partial charge in [-0.15, -0.1) is 11.3 Å². The Hall–Kier alpha value is -3.56. The van der Waals surface area contributed by atoms with Crippen molar-refractivity contribution in [2.45, 2.75) is 26.3 Å². The summed E-state index contributed by atoms with van der Waals surface area (Å²) in [6.07, 6.45) is 5.60. The number of nitrogens with zero attached hydrogens (tertiary/aromatic N) is 4. The fraction of sp³-hybridized carbons (Fsp3) is 0.357. The van der Waals surface area contributed by atoms with Crippen LogP contribution in [0.1, 0.15) is 38.4 Å². The molecule has 8 nitrogen and oxygen atoms in total. The lowest BCUT2D eigenvalue weighted by atomic mass is 9.97. The van der Waals surface area contributed by atoms with E-state index < -0.39 is 0 Å². The molecule has 4 aromatic rings. The maximum Gasteiger partial charge on any atom is 0.265 e. The van der Waals surface area contributed by atoms with Gasteiger partial charge in [0.1, 0.15) is 9.88 Å². The summed E-state index contributed by atoms with van der Waals surface area (Å²) < 4.78 is 7.00. The van der Waals surface area contributed by atoms with Gasteiger partial charge in [-0.2, -0.15) is 5.10 Å². The number of benzene rings is 2. The van der Waals surface area contributed by atoms with Crippen LogP contribution in [0.2, 0.25) is 0 Å². The van der Waals surface area contributed by atoms with Gasteiger partial charge in [0.2, 0.25) is 0 Å². The molecule has 2 aromatic carbocycles. The SMILES string of the molecule is COCCNC(=O)c1ccc2nn(CC3CCN(C(=O)c4cnc(-c5ccccc5)s4)CC3)cc2c1C. The number of thiazole rings is 1. The summed E-state index contributed by atoms with van der Waals surface area (Å²) in [5.41, 5.74) is 3.51. The third kappa shape index (κ3) is 5.57. The minimum Gasteiger partial charge on any atom is -0.383 e. The first-order chi connectivity index (χ1) is 18.0. The molecule has 0 radical (unpaired) electrons. The first kappa shape index (κ1) is 25.1. The van der Waals surface area contributed by atoms with E-state index in [1.807, 2.05) is 65.2 Å². The number of likely N-dealkylation sites (tertiary alicyclic amines) is 1. The Morgan fingerprint density at radius 3 is 2.68 bits per heavy atom. The molecule has 1 aliphatic rings. The number of aryl methyl sites for hydroxylation is 1. The van der Waals surface area contributed by atoms with Gasteiger partial charge in [-0.25, -0.2) is 4.98 Å². The summed E-state index contributed by atoms with van der Waals surface area (Å²) in [5, 5.41) is 9.50. The first-order valence-corrected chi connectivity index (χ1v) is 13.4. The second-order valence-corrected chi connectivity index (χ2v) is 10.4. The topological polar surface area (TPSA) is 89.4 Å². The molecular formula is C28H31N5O3S. The molecule has 0 unspecified atom stereocenters. The van der Waals surface area contributed by atoms with Crippen molar-refractivity contribution in [3.63, 3.8) is 0 Å². The van der Waals surface area contributed by atoms with Gasteiger partial charge in [0.05, 0.1) is 18.3 Å². The summed E-state index contributed by atoms with van der Waals surface area (Å²) in [5.74, 6) is 0.407. The minimum atomic E-state index is -0.0990. The van der Waals surface area contributed by atoms with Gasteiger partial charge in [-0.3, -0.25) is 14.3 Å². The molecule has 192 valence electrons. The van der Waals surface area contributed by atoms with Gasteiger partial charge in [0.15, 0.2) is 0 Å². The Bertz CT molecular complexity index is 1390. The fourth-order valence-corrected chi connectivity index (χ4v) is 5.70. The van der Waals surface area contributed by atoms with Crippen molar-refractivity contribution in [1.29, 1.82) is 0 Å². The molecule has 2 amide bonds. The normalized spacial score (nSPS) is 14.3. The molecular weight excluding hydrogens is 486 g/mol. The summed E-state index contributed by atoms with van der Waals surface area (Å²) in [4.78, 5) is 32.7. The maximum absolute atomic E-state index is 13.1. The van der Waals surface area contributed by atoms with E-state index in [2.05, 4.69) is 10.3 Å². The molecule has 0 aliphatic carbocycles. The number of carbonyl (C=O) groups excluding carboxylic acids is 2. The van der Waals surface area contributed by atoms with Gasteiger partial charge in [0, 0.05) is 56.0 Å². The quantitative estimate of drug-likeness (QED) is 0.350. The first-order valence-electron chi connectivity index (χ1n) is 12.6. The monoisotopic (exact) mass is 517 g/mol. The second kappa shape index (κ2) is 11.2. The number of hydrogen-bond acceptors (Lipinski definition) is 6. The van der Waals surface area contributed by atoms with E-state index in [0.29, 0.717) is 29.5 Å². The standard InChI is InChI=1S/C28H31N5O3S/c1-19-22(26(34)29-12-15-36-2)8-9-24-23(19)18-33(31-24)17-20-10-13-32(14-11-20)28(35)25-16-30-27(37-25)21-6-4-3-5-7-21/h3-9,16,18,20H,10-15,17H2,1-2H3,(H,29,34). The number of aromatic nitrogens is 3. The third-order valence-electron chi connectivity index (χ3n) is 6.93. The van der Waals surface area contributed by atoms with Crippen LogP contribution in [0.15, 0.2) is 54.9 Å². The maximum atomic E-state index is 13.1. The number of nitrogens with one attached hydrogen (secondary N) is 1. The Morgan fingerprint density at radius 1 is 1.14 bits per heavy atom. The summed E-state index contributed by atoms with van der Waals surface area (Å²) in [7, 11) is 1.61.